The van der Waals surface area contributed by atoms with E-state index in [0.717, 1.165) is 19.5 Å². The maximum absolute atomic E-state index is 3.66. The number of para-hydroxylation sites is 2. The molecule has 0 saturated heterocycles. The average Bonchev–Trinajstić information content (AvgIpc) is 2.82. The molecule has 3 rings (SSSR count). The van der Waals surface area contributed by atoms with Crippen LogP contribution < -0.4 is 5.32 Å². The zero-order valence-corrected chi connectivity index (χ0v) is 13.2. The van der Waals surface area contributed by atoms with Crippen LogP contribution in [0.1, 0.15) is 27.2 Å². The number of hydrogen-bond donors (Lipinski definition) is 1. The fourth-order valence-corrected chi connectivity index (χ4v) is 2.88. The Bertz CT molecular complexity index is 699. The predicted molar refractivity (Wildman–Crippen MR) is 91.8 cm³/mol. The summed E-state index contributed by atoms with van der Waals surface area (Å²) in [5, 5.41) is 6.36. The van der Waals surface area contributed by atoms with E-state index in [0.29, 0.717) is 0 Å². The Balaban J connectivity index is 1.96. The molecule has 0 saturated carbocycles. The highest BCUT2D eigenvalue weighted by atomic mass is 15.0. The molecule has 1 heterocycles. The quantitative estimate of drug-likeness (QED) is 0.724. The minimum atomic E-state index is 0.207. The van der Waals surface area contributed by atoms with Crippen LogP contribution in [0.25, 0.3) is 21.8 Å². The topological polar surface area (TPSA) is 17.0 Å². The van der Waals surface area contributed by atoms with Crippen LogP contribution in [0.3, 0.4) is 0 Å². The Hall–Kier alpha value is -1.80. The van der Waals surface area contributed by atoms with Gasteiger partial charge in [-0.15, -0.1) is 0 Å². The Morgan fingerprint density at radius 2 is 1.43 bits per heavy atom. The summed E-state index contributed by atoms with van der Waals surface area (Å²) in [5.41, 5.74) is 2.86. The molecule has 0 aliphatic carbocycles. The summed E-state index contributed by atoms with van der Waals surface area (Å²) >= 11 is 0. The molecule has 110 valence electrons. The van der Waals surface area contributed by atoms with Gasteiger partial charge in [0, 0.05) is 40.4 Å². The van der Waals surface area contributed by atoms with Crippen molar-refractivity contribution in [2.24, 2.45) is 0 Å². The second kappa shape index (κ2) is 5.53. The van der Waals surface area contributed by atoms with Gasteiger partial charge in [0.05, 0.1) is 0 Å². The van der Waals surface area contributed by atoms with E-state index in [4.69, 9.17) is 0 Å². The number of nitrogens with one attached hydrogen (secondary N) is 1. The number of rotatable bonds is 5. The van der Waals surface area contributed by atoms with Crippen LogP contribution in [0.4, 0.5) is 0 Å². The molecular weight excluding hydrogens is 256 g/mol. The number of nitrogens with zero attached hydrogens (tertiary/aromatic N) is 1. The summed E-state index contributed by atoms with van der Waals surface area (Å²) in [6, 6.07) is 17.4. The lowest BCUT2D eigenvalue weighted by atomic mass is 10.0. The van der Waals surface area contributed by atoms with E-state index in [9.17, 15) is 0 Å². The molecule has 1 N–H and O–H groups in total. The van der Waals surface area contributed by atoms with E-state index in [1.807, 2.05) is 0 Å². The molecule has 2 aromatic carbocycles. The maximum atomic E-state index is 3.66. The van der Waals surface area contributed by atoms with Crippen molar-refractivity contribution in [2.75, 3.05) is 6.54 Å². The summed E-state index contributed by atoms with van der Waals surface area (Å²) < 4.78 is 2.43. The van der Waals surface area contributed by atoms with E-state index < -0.39 is 0 Å². The first-order valence-corrected chi connectivity index (χ1v) is 7.83. The number of aromatic nitrogens is 1. The minimum absolute atomic E-state index is 0.207. The Labute approximate surface area is 126 Å². The summed E-state index contributed by atoms with van der Waals surface area (Å²) in [6.07, 6.45) is 1.14. The Morgan fingerprint density at radius 1 is 0.905 bits per heavy atom. The van der Waals surface area contributed by atoms with Gasteiger partial charge in [0.2, 0.25) is 0 Å². The molecule has 2 heteroatoms. The van der Waals surface area contributed by atoms with E-state index in [-0.39, 0.29) is 5.54 Å². The normalized spacial score (nSPS) is 12.3. The molecule has 0 spiro atoms. The largest absolute Gasteiger partial charge is 0.339 e. The van der Waals surface area contributed by atoms with Crippen LogP contribution in [0.5, 0.6) is 0 Å². The van der Waals surface area contributed by atoms with Crippen molar-refractivity contribution in [3.8, 4) is 0 Å². The molecule has 0 radical (unpaired) electrons. The Kier molecular flexibility index (Phi) is 3.73. The van der Waals surface area contributed by atoms with Gasteiger partial charge in [0.25, 0.3) is 0 Å². The van der Waals surface area contributed by atoms with E-state index >= 15 is 0 Å². The zero-order valence-electron chi connectivity index (χ0n) is 13.2. The number of fused-ring (bicyclic) bond motifs is 3. The van der Waals surface area contributed by atoms with Crippen molar-refractivity contribution in [1.82, 2.24) is 9.88 Å². The van der Waals surface area contributed by atoms with Crippen molar-refractivity contribution >= 4 is 21.8 Å². The van der Waals surface area contributed by atoms with E-state index in [2.05, 4.69) is 79.2 Å². The van der Waals surface area contributed by atoms with Crippen molar-refractivity contribution in [3.05, 3.63) is 48.5 Å². The van der Waals surface area contributed by atoms with Crippen LogP contribution >= 0.6 is 0 Å². The highest BCUT2D eigenvalue weighted by Crippen LogP contribution is 2.28. The lowest BCUT2D eigenvalue weighted by molar-refractivity contribution is 0.370. The van der Waals surface area contributed by atoms with Crippen molar-refractivity contribution in [1.29, 1.82) is 0 Å². The molecule has 0 unspecified atom stereocenters. The molecular formula is C19H24N2. The second-order valence-electron chi connectivity index (χ2n) is 6.35. The van der Waals surface area contributed by atoms with Crippen LogP contribution in [0.2, 0.25) is 0 Å². The first kappa shape index (κ1) is 14.2. The van der Waals surface area contributed by atoms with E-state index in [1.165, 1.54) is 21.8 Å². The van der Waals surface area contributed by atoms with Crippen molar-refractivity contribution in [2.45, 2.75) is 39.3 Å². The smallest absolute Gasteiger partial charge is 0.0491 e. The van der Waals surface area contributed by atoms with E-state index in [1.54, 1.807) is 0 Å². The molecule has 0 aliphatic heterocycles. The van der Waals surface area contributed by atoms with Gasteiger partial charge in [-0.3, -0.25) is 0 Å². The SMILES string of the molecule is CCC(C)(C)NCCn1c2ccccc2c2ccccc21. The number of hydrogen-bond acceptors (Lipinski definition) is 1. The summed E-state index contributed by atoms with van der Waals surface area (Å²) in [4.78, 5) is 0. The molecule has 0 fully saturated rings. The van der Waals surface area contributed by atoms with Crippen molar-refractivity contribution < 1.29 is 0 Å². The number of benzene rings is 2. The van der Waals surface area contributed by atoms with Crippen LogP contribution in [0.15, 0.2) is 48.5 Å². The molecule has 21 heavy (non-hydrogen) atoms. The second-order valence-corrected chi connectivity index (χ2v) is 6.35. The van der Waals surface area contributed by atoms with Gasteiger partial charge >= 0.3 is 0 Å². The fraction of sp³-hybridized carbons (Fsp3) is 0.368. The van der Waals surface area contributed by atoms with Gasteiger partial charge in [-0.1, -0.05) is 43.3 Å². The first-order valence-electron chi connectivity index (χ1n) is 7.83. The van der Waals surface area contributed by atoms with Crippen molar-refractivity contribution in [3.63, 3.8) is 0 Å². The molecule has 0 amide bonds. The van der Waals surface area contributed by atoms with Gasteiger partial charge in [-0.2, -0.15) is 0 Å². The van der Waals surface area contributed by atoms with Gasteiger partial charge in [0.15, 0.2) is 0 Å². The lowest BCUT2D eigenvalue weighted by Gasteiger charge is -2.25. The summed E-state index contributed by atoms with van der Waals surface area (Å²) in [5.74, 6) is 0. The third-order valence-electron chi connectivity index (χ3n) is 4.50. The monoisotopic (exact) mass is 280 g/mol. The third-order valence-corrected chi connectivity index (χ3v) is 4.50. The molecule has 0 aliphatic rings. The minimum Gasteiger partial charge on any atom is -0.339 e. The standard InChI is InChI=1S/C19H24N2/c1-4-19(2,3)20-13-14-21-17-11-7-5-9-15(17)16-10-6-8-12-18(16)21/h5-12,20H,4,13-14H2,1-3H3. The van der Waals surface area contributed by atoms with Gasteiger partial charge in [-0.05, 0) is 32.4 Å². The Morgan fingerprint density at radius 3 is 1.95 bits per heavy atom. The maximum Gasteiger partial charge on any atom is 0.0491 e. The highest BCUT2D eigenvalue weighted by Gasteiger charge is 2.14. The van der Waals surface area contributed by atoms with Gasteiger partial charge < -0.3 is 9.88 Å². The predicted octanol–water partition coefficient (Wildman–Crippen LogP) is 4.57. The van der Waals surface area contributed by atoms with Crippen LogP contribution in [-0.2, 0) is 6.54 Å². The third kappa shape index (κ3) is 2.68. The van der Waals surface area contributed by atoms with Crippen LogP contribution in [0, 0.1) is 0 Å². The highest BCUT2D eigenvalue weighted by molar-refractivity contribution is 6.07. The zero-order chi connectivity index (χ0) is 14.9. The van der Waals surface area contributed by atoms with Crippen LogP contribution in [-0.4, -0.2) is 16.7 Å². The lowest BCUT2D eigenvalue weighted by Crippen LogP contribution is -2.40. The van der Waals surface area contributed by atoms with Gasteiger partial charge in [0.1, 0.15) is 0 Å². The fourth-order valence-electron chi connectivity index (χ4n) is 2.88. The first-order chi connectivity index (χ1) is 10.1. The molecule has 3 aromatic rings. The summed E-state index contributed by atoms with van der Waals surface area (Å²) in [7, 11) is 0. The molecule has 2 nitrogen and oxygen atoms in total. The van der Waals surface area contributed by atoms with Gasteiger partial charge in [-0.25, -0.2) is 0 Å². The molecule has 0 atom stereocenters. The molecule has 0 bridgehead atoms. The average molecular weight is 280 g/mol. The molecule has 1 aromatic heterocycles. The summed E-state index contributed by atoms with van der Waals surface area (Å²) in [6.45, 7) is 8.74.